The lowest BCUT2D eigenvalue weighted by Gasteiger charge is -2.05. The molecule has 0 aromatic heterocycles. The number of benzene rings is 1. The van der Waals surface area contributed by atoms with E-state index in [1.54, 1.807) is 30.3 Å². The molecule has 0 heterocycles. The molecule has 0 aliphatic rings. The molecule has 0 saturated carbocycles. The molecule has 0 fully saturated rings. The van der Waals surface area contributed by atoms with Crippen molar-refractivity contribution < 1.29 is 18.7 Å². The second-order valence-corrected chi connectivity index (χ2v) is 2.29. The van der Waals surface area contributed by atoms with E-state index in [4.69, 9.17) is 0 Å². The third-order valence-electron chi connectivity index (χ3n) is 1.35. The number of esters is 1. The fourth-order valence-corrected chi connectivity index (χ4v) is 0.747. The zero-order chi connectivity index (χ0) is 9.68. The predicted octanol–water partition coefficient (Wildman–Crippen LogP) is 1.53. The molecular formula is C9H9FO3. The number of ether oxygens (including phenoxy) is 2. The van der Waals surface area contributed by atoms with Crippen LogP contribution in [0, 0.1) is 0 Å². The molecule has 0 radical (unpaired) electrons. The minimum Gasteiger partial charge on any atom is -0.423 e. The van der Waals surface area contributed by atoms with E-state index >= 15 is 0 Å². The molecule has 70 valence electrons. The van der Waals surface area contributed by atoms with Crippen LogP contribution < -0.4 is 4.74 Å². The van der Waals surface area contributed by atoms with Crippen LogP contribution in [-0.2, 0) is 9.53 Å². The molecule has 0 bridgehead atoms. The molecule has 13 heavy (non-hydrogen) atoms. The summed E-state index contributed by atoms with van der Waals surface area (Å²) in [5, 5.41) is 0. The van der Waals surface area contributed by atoms with Gasteiger partial charge in [0.1, 0.15) is 5.75 Å². The lowest BCUT2D eigenvalue weighted by molar-refractivity contribution is -0.156. The van der Waals surface area contributed by atoms with E-state index in [0.29, 0.717) is 5.75 Å². The Morgan fingerprint density at radius 2 is 2.00 bits per heavy atom. The molecular weight excluding hydrogens is 175 g/mol. The smallest absolute Gasteiger partial charge is 0.374 e. The zero-order valence-electron chi connectivity index (χ0n) is 7.07. The molecule has 0 saturated heterocycles. The number of rotatable bonds is 3. The van der Waals surface area contributed by atoms with Crippen LogP contribution >= 0.6 is 0 Å². The van der Waals surface area contributed by atoms with Crippen molar-refractivity contribution in [2.75, 3.05) is 7.11 Å². The van der Waals surface area contributed by atoms with Crippen molar-refractivity contribution in [1.82, 2.24) is 0 Å². The van der Waals surface area contributed by atoms with Gasteiger partial charge in [0.05, 0.1) is 0 Å². The number of alkyl halides is 1. The van der Waals surface area contributed by atoms with Crippen molar-refractivity contribution in [2.45, 2.75) is 6.36 Å². The summed E-state index contributed by atoms with van der Waals surface area (Å²) in [7, 11) is 1.09. The first-order chi connectivity index (χ1) is 6.24. The van der Waals surface area contributed by atoms with Crippen molar-refractivity contribution >= 4 is 5.97 Å². The van der Waals surface area contributed by atoms with Gasteiger partial charge in [-0.2, -0.15) is 0 Å². The monoisotopic (exact) mass is 184 g/mol. The Balaban J connectivity index is 2.55. The summed E-state index contributed by atoms with van der Waals surface area (Å²) in [4.78, 5) is 10.8. The summed E-state index contributed by atoms with van der Waals surface area (Å²) in [6.45, 7) is 0. The zero-order valence-corrected chi connectivity index (χ0v) is 7.07. The minimum absolute atomic E-state index is 0.298. The molecule has 3 nitrogen and oxygen atoms in total. The van der Waals surface area contributed by atoms with Gasteiger partial charge >= 0.3 is 5.97 Å². The van der Waals surface area contributed by atoms with E-state index in [0.717, 1.165) is 7.11 Å². The van der Waals surface area contributed by atoms with Crippen LogP contribution in [0.3, 0.4) is 0 Å². The first-order valence-corrected chi connectivity index (χ1v) is 3.67. The van der Waals surface area contributed by atoms with Crippen molar-refractivity contribution in [2.24, 2.45) is 0 Å². The number of halogens is 1. The lowest BCUT2D eigenvalue weighted by atomic mass is 10.3. The maximum absolute atomic E-state index is 12.5. The van der Waals surface area contributed by atoms with Gasteiger partial charge in [-0.05, 0) is 12.1 Å². The Bertz CT molecular complexity index is 273. The van der Waals surface area contributed by atoms with Crippen LogP contribution in [0.2, 0.25) is 0 Å². The van der Waals surface area contributed by atoms with Crippen molar-refractivity contribution in [1.29, 1.82) is 0 Å². The van der Waals surface area contributed by atoms with Crippen LogP contribution in [0.15, 0.2) is 30.3 Å². The normalized spacial score (nSPS) is 12.2. The molecule has 4 heteroatoms. The molecule has 0 spiro atoms. The summed E-state index contributed by atoms with van der Waals surface area (Å²) >= 11 is 0. The van der Waals surface area contributed by atoms with Gasteiger partial charge in [-0.25, -0.2) is 9.18 Å². The molecule has 0 aliphatic carbocycles. The second-order valence-electron chi connectivity index (χ2n) is 2.29. The Labute approximate surface area is 75.1 Å². The highest BCUT2D eigenvalue weighted by Gasteiger charge is 2.18. The fraction of sp³-hybridized carbons (Fsp3) is 0.222. The summed E-state index contributed by atoms with van der Waals surface area (Å²) in [6, 6.07) is 8.24. The van der Waals surface area contributed by atoms with Gasteiger partial charge in [-0.15, -0.1) is 0 Å². The van der Waals surface area contributed by atoms with E-state index in [2.05, 4.69) is 9.47 Å². The Morgan fingerprint density at radius 1 is 1.38 bits per heavy atom. The van der Waals surface area contributed by atoms with Gasteiger partial charge in [-0.3, -0.25) is 0 Å². The molecule has 0 aliphatic heterocycles. The van der Waals surface area contributed by atoms with Gasteiger partial charge in [0, 0.05) is 7.11 Å². The molecule has 1 atom stereocenters. The average Bonchev–Trinajstić information content (AvgIpc) is 2.18. The highest BCUT2D eigenvalue weighted by molar-refractivity contribution is 5.75. The van der Waals surface area contributed by atoms with E-state index in [-0.39, 0.29) is 0 Å². The Morgan fingerprint density at radius 3 is 2.54 bits per heavy atom. The van der Waals surface area contributed by atoms with Crippen molar-refractivity contribution in [3.63, 3.8) is 0 Å². The van der Waals surface area contributed by atoms with E-state index in [1.807, 2.05) is 0 Å². The SMILES string of the molecule is COC(F)C(=O)Oc1ccccc1. The first-order valence-electron chi connectivity index (χ1n) is 3.67. The number of carbonyl (C=O) groups excluding carboxylic acids is 1. The lowest BCUT2D eigenvalue weighted by Crippen LogP contribution is -2.23. The van der Waals surface area contributed by atoms with Crippen molar-refractivity contribution in [3.05, 3.63) is 30.3 Å². The van der Waals surface area contributed by atoms with Crippen molar-refractivity contribution in [3.8, 4) is 5.75 Å². The van der Waals surface area contributed by atoms with Crippen LogP contribution in [0.25, 0.3) is 0 Å². The average molecular weight is 184 g/mol. The van der Waals surface area contributed by atoms with Gasteiger partial charge < -0.3 is 9.47 Å². The quantitative estimate of drug-likeness (QED) is 0.528. The molecule has 1 unspecified atom stereocenters. The van der Waals surface area contributed by atoms with E-state index in [1.165, 1.54) is 0 Å². The maximum Gasteiger partial charge on any atom is 0.374 e. The summed E-state index contributed by atoms with van der Waals surface area (Å²) < 4.78 is 21.3. The third-order valence-corrected chi connectivity index (χ3v) is 1.35. The topological polar surface area (TPSA) is 35.5 Å². The summed E-state index contributed by atoms with van der Waals surface area (Å²) in [6.07, 6.45) is -2.03. The number of hydrogen-bond acceptors (Lipinski definition) is 3. The van der Waals surface area contributed by atoms with Gasteiger partial charge in [0.2, 0.25) is 0 Å². The standard InChI is InChI=1S/C9H9FO3/c1-12-8(10)9(11)13-7-5-3-2-4-6-7/h2-6,8H,1H3. The number of para-hydroxylation sites is 1. The second kappa shape index (κ2) is 4.57. The number of hydrogen-bond donors (Lipinski definition) is 0. The molecule has 1 aromatic rings. The first kappa shape index (κ1) is 9.67. The highest BCUT2D eigenvalue weighted by Crippen LogP contribution is 2.10. The minimum atomic E-state index is -2.03. The van der Waals surface area contributed by atoms with Crippen LogP contribution in [0.4, 0.5) is 4.39 Å². The van der Waals surface area contributed by atoms with E-state index < -0.39 is 12.3 Å². The molecule has 0 N–H and O–H groups in total. The number of methoxy groups -OCH3 is 1. The third kappa shape index (κ3) is 2.83. The van der Waals surface area contributed by atoms with Gasteiger partial charge in [0.25, 0.3) is 6.36 Å². The van der Waals surface area contributed by atoms with Crippen LogP contribution in [0.1, 0.15) is 0 Å². The maximum atomic E-state index is 12.5. The highest BCUT2D eigenvalue weighted by atomic mass is 19.1. The van der Waals surface area contributed by atoms with Gasteiger partial charge in [-0.1, -0.05) is 18.2 Å². The molecule has 0 amide bonds. The molecule has 1 rings (SSSR count). The van der Waals surface area contributed by atoms with Crippen LogP contribution in [-0.4, -0.2) is 19.4 Å². The molecule has 1 aromatic carbocycles. The van der Waals surface area contributed by atoms with E-state index in [9.17, 15) is 9.18 Å². The Kier molecular flexibility index (Phi) is 3.40. The van der Waals surface area contributed by atoms with Crippen LogP contribution in [0.5, 0.6) is 5.75 Å². The van der Waals surface area contributed by atoms with Gasteiger partial charge in [0.15, 0.2) is 0 Å². The Hall–Kier alpha value is -1.42. The number of carbonyl (C=O) groups is 1. The predicted molar refractivity (Wildman–Crippen MR) is 44.0 cm³/mol. The summed E-state index contributed by atoms with van der Waals surface area (Å²) in [5.74, 6) is -0.749. The summed E-state index contributed by atoms with van der Waals surface area (Å²) in [5.41, 5.74) is 0. The largest absolute Gasteiger partial charge is 0.423 e. The fourth-order valence-electron chi connectivity index (χ4n) is 0.747.